The highest BCUT2D eigenvalue weighted by atomic mass is 16.5. The largest absolute Gasteiger partial charge is 0.364 e. The maximum Gasteiger partial charge on any atom is 0.249 e. The van der Waals surface area contributed by atoms with E-state index in [0.29, 0.717) is 13.1 Å². The number of carbonyl (C=O) groups is 1. The van der Waals surface area contributed by atoms with Gasteiger partial charge in [-0.15, -0.1) is 0 Å². The average molecular weight is 266 g/mol. The topological polar surface area (TPSA) is 82.2 Å². The minimum Gasteiger partial charge on any atom is -0.364 e. The molecule has 1 fully saturated rings. The number of nitrogens with zero attached hydrogens (tertiary/aromatic N) is 2. The van der Waals surface area contributed by atoms with Gasteiger partial charge in [-0.05, 0) is 25.7 Å². The van der Waals surface area contributed by atoms with Crippen molar-refractivity contribution in [1.82, 2.24) is 14.9 Å². The molecule has 2 heterocycles. The molecule has 2 unspecified atom stereocenters. The predicted molar refractivity (Wildman–Crippen MR) is 71.4 cm³/mol. The van der Waals surface area contributed by atoms with Gasteiger partial charge in [-0.3, -0.25) is 4.79 Å². The van der Waals surface area contributed by atoms with Gasteiger partial charge in [-0.2, -0.15) is 0 Å². The normalized spacial score (nSPS) is 22.6. The highest BCUT2D eigenvalue weighted by Gasteiger charge is 2.29. The summed E-state index contributed by atoms with van der Waals surface area (Å²) < 4.78 is 7.57. The summed E-state index contributed by atoms with van der Waals surface area (Å²) in [7, 11) is 0. The van der Waals surface area contributed by atoms with Crippen LogP contribution in [0.1, 0.15) is 25.7 Å². The van der Waals surface area contributed by atoms with Gasteiger partial charge >= 0.3 is 0 Å². The zero-order chi connectivity index (χ0) is 13.5. The number of hydrogen-bond acceptors (Lipinski definition) is 4. The molecule has 1 saturated heterocycles. The highest BCUT2D eigenvalue weighted by Crippen LogP contribution is 2.18. The van der Waals surface area contributed by atoms with Crippen LogP contribution in [0, 0.1) is 0 Å². The number of ether oxygens (including phenoxy) is 1. The molecule has 0 radical (unpaired) electrons. The minimum absolute atomic E-state index is 0.00131. The van der Waals surface area contributed by atoms with Crippen LogP contribution in [-0.2, 0) is 16.1 Å². The van der Waals surface area contributed by atoms with E-state index in [1.54, 1.807) is 12.5 Å². The van der Waals surface area contributed by atoms with Gasteiger partial charge in [0.2, 0.25) is 5.91 Å². The fraction of sp³-hybridized carbons (Fsp3) is 0.692. The first-order valence-corrected chi connectivity index (χ1v) is 6.88. The number of carbonyl (C=O) groups excluding carboxylic acids is 1. The first-order valence-electron chi connectivity index (χ1n) is 6.88. The Bertz CT molecular complexity index is 380. The van der Waals surface area contributed by atoms with Crippen LogP contribution >= 0.6 is 0 Å². The first kappa shape index (κ1) is 14.0. The number of aromatic nitrogens is 2. The van der Waals surface area contributed by atoms with Crippen LogP contribution in [0.15, 0.2) is 18.7 Å². The molecule has 0 aromatic carbocycles. The fourth-order valence-corrected chi connectivity index (χ4v) is 2.24. The molecule has 3 N–H and O–H groups in total. The van der Waals surface area contributed by atoms with E-state index < -0.39 is 0 Å². The fourth-order valence-electron chi connectivity index (χ4n) is 2.24. The maximum atomic E-state index is 11.8. The number of imidazole rings is 1. The third kappa shape index (κ3) is 4.33. The van der Waals surface area contributed by atoms with Crippen LogP contribution in [-0.4, -0.2) is 40.8 Å². The number of unbranched alkanes of at least 4 members (excludes halogenated alkanes) is 1. The Labute approximate surface area is 113 Å². The van der Waals surface area contributed by atoms with E-state index in [2.05, 4.69) is 10.3 Å². The molecular formula is C13H22N4O2. The van der Waals surface area contributed by atoms with E-state index in [0.717, 1.165) is 32.2 Å². The molecule has 2 atom stereocenters. The van der Waals surface area contributed by atoms with Gasteiger partial charge < -0.3 is 20.4 Å². The lowest BCUT2D eigenvalue weighted by Gasteiger charge is -2.12. The molecule has 6 nitrogen and oxygen atoms in total. The summed E-state index contributed by atoms with van der Waals surface area (Å²) >= 11 is 0. The summed E-state index contributed by atoms with van der Waals surface area (Å²) in [5, 5.41) is 2.92. The molecule has 106 valence electrons. The summed E-state index contributed by atoms with van der Waals surface area (Å²) in [6.07, 6.45) is 8.91. The third-order valence-corrected chi connectivity index (χ3v) is 3.36. The van der Waals surface area contributed by atoms with Crippen molar-refractivity contribution < 1.29 is 9.53 Å². The molecule has 0 saturated carbocycles. The predicted octanol–water partition coefficient (Wildman–Crippen LogP) is 0.286. The van der Waals surface area contributed by atoms with Gasteiger partial charge in [0.15, 0.2) is 0 Å². The molecule has 0 bridgehead atoms. The molecule has 1 aromatic heterocycles. The Morgan fingerprint density at radius 3 is 3.05 bits per heavy atom. The SMILES string of the molecule is NCC1CCC(C(=O)NCCCCn2ccnc2)O1. The quantitative estimate of drug-likeness (QED) is 0.695. The molecule has 1 aliphatic rings. The van der Waals surface area contributed by atoms with Crippen LogP contribution in [0.4, 0.5) is 0 Å². The van der Waals surface area contributed by atoms with Gasteiger partial charge in [0.1, 0.15) is 6.10 Å². The molecular weight excluding hydrogens is 244 g/mol. The Hall–Kier alpha value is -1.40. The van der Waals surface area contributed by atoms with Gasteiger partial charge in [0.05, 0.1) is 12.4 Å². The third-order valence-electron chi connectivity index (χ3n) is 3.36. The summed E-state index contributed by atoms with van der Waals surface area (Å²) in [5.74, 6) is -0.00131. The molecule has 1 aliphatic heterocycles. The molecule has 0 spiro atoms. The number of nitrogens with two attached hydrogens (primary N) is 1. The van der Waals surface area contributed by atoms with Crippen LogP contribution in [0.25, 0.3) is 0 Å². The zero-order valence-electron chi connectivity index (χ0n) is 11.1. The standard InChI is InChI=1S/C13H22N4O2/c14-9-11-3-4-12(19-11)13(18)16-5-1-2-7-17-8-6-15-10-17/h6,8,10-12H,1-5,7,9,14H2,(H,16,18). The minimum atomic E-state index is -0.304. The van der Waals surface area contributed by atoms with Crippen molar-refractivity contribution in [2.75, 3.05) is 13.1 Å². The second-order valence-corrected chi connectivity index (χ2v) is 4.86. The summed E-state index contributed by atoms with van der Waals surface area (Å²) in [6.45, 7) is 2.13. The molecule has 0 aliphatic carbocycles. The van der Waals surface area contributed by atoms with Crippen molar-refractivity contribution in [1.29, 1.82) is 0 Å². The van der Waals surface area contributed by atoms with E-state index in [4.69, 9.17) is 10.5 Å². The van der Waals surface area contributed by atoms with Crippen LogP contribution in [0.2, 0.25) is 0 Å². The van der Waals surface area contributed by atoms with Gasteiger partial charge in [-0.1, -0.05) is 0 Å². The lowest BCUT2D eigenvalue weighted by Crippen LogP contribution is -2.36. The maximum absolute atomic E-state index is 11.8. The number of hydrogen-bond donors (Lipinski definition) is 2. The zero-order valence-corrected chi connectivity index (χ0v) is 11.1. The molecule has 1 amide bonds. The number of amides is 1. The Morgan fingerprint density at radius 1 is 1.47 bits per heavy atom. The highest BCUT2D eigenvalue weighted by molar-refractivity contribution is 5.80. The lowest BCUT2D eigenvalue weighted by molar-refractivity contribution is -0.131. The number of rotatable bonds is 7. The Morgan fingerprint density at radius 2 is 2.37 bits per heavy atom. The van der Waals surface area contributed by atoms with Crippen molar-refractivity contribution >= 4 is 5.91 Å². The van der Waals surface area contributed by atoms with Gasteiger partial charge in [0.25, 0.3) is 0 Å². The number of aryl methyl sites for hydroxylation is 1. The van der Waals surface area contributed by atoms with Crippen LogP contribution in [0.5, 0.6) is 0 Å². The summed E-state index contributed by atoms with van der Waals surface area (Å²) in [5.41, 5.74) is 5.52. The Balaban J connectivity index is 1.54. The first-order chi connectivity index (χ1) is 9.29. The summed E-state index contributed by atoms with van der Waals surface area (Å²) in [4.78, 5) is 15.8. The number of nitrogens with one attached hydrogen (secondary N) is 1. The molecule has 1 aromatic rings. The molecule has 2 rings (SSSR count). The van der Waals surface area contributed by atoms with E-state index >= 15 is 0 Å². The van der Waals surface area contributed by atoms with Crippen molar-refractivity contribution in [3.05, 3.63) is 18.7 Å². The van der Waals surface area contributed by atoms with Crippen molar-refractivity contribution in [3.8, 4) is 0 Å². The van der Waals surface area contributed by atoms with Crippen LogP contribution < -0.4 is 11.1 Å². The lowest BCUT2D eigenvalue weighted by atomic mass is 10.2. The van der Waals surface area contributed by atoms with Gasteiger partial charge in [0, 0.05) is 32.0 Å². The average Bonchev–Trinajstić information content (AvgIpc) is 3.09. The van der Waals surface area contributed by atoms with Crippen molar-refractivity contribution in [3.63, 3.8) is 0 Å². The van der Waals surface area contributed by atoms with Crippen LogP contribution in [0.3, 0.4) is 0 Å². The smallest absolute Gasteiger partial charge is 0.249 e. The van der Waals surface area contributed by atoms with E-state index in [9.17, 15) is 4.79 Å². The Kier molecular flexibility index (Phi) is 5.35. The van der Waals surface area contributed by atoms with Crippen molar-refractivity contribution in [2.24, 2.45) is 5.73 Å². The molecule has 6 heteroatoms. The second kappa shape index (κ2) is 7.25. The van der Waals surface area contributed by atoms with E-state index in [-0.39, 0.29) is 18.1 Å². The van der Waals surface area contributed by atoms with E-state index in [1.807, 2.05) is 10.8 Å². The van der Waals surface area contributed by atoms with Crippen molar-refractivity contribution in [2.45, 2.75) is 44.4 Å². The second-order valence-electron chi connectivity index (χ2n) is 4.86. The monoisotopic (exact) mass is 266 g/mol. The summed E-state index contributed by atoms with van der Waals surface area (Å²) in [6, 6.07) is 0. The van der Waals surface area contributed by atoms with E-state index in [1.165, 1.54) is 0 Å². The van der Waals surface area contributed by atoms with Gasteiger partial charge in [-0.25, -0.2) is 4.98 Å². The molecule has 19 heavy (non-hydrogen) atoms.